The fourth-order valence-corrected chi connectivity index (χ4v) is 3.61. The first kappa shape index (κ1) is 16.2. The third kappa shape index (κ3) is 3.34. The predicted octanol–water partition coefficient (Wildman–Crippen LogP) is 3.78. The average molecular weight is 316 g/mol. The molecule has 1 aliphatic carbocycles. The highest BCUT2D eigenvalue weighted by atomic mass is 16.5. The van der Waals surface area contributed by atoms with Crippen molar-refractivity contribution in [1.82, 2.24) is 14.6 Å². The number of aromatic nitrogens is 3. The molecule has 0 radical (unpaired) electrons. The zero-order valence-electron chi connectivity index (χ0n) is 14.7. The lowest BCUT2D eigenvalue weighted by Crippen LogP contribution is -2.32. The topological polar surface area (TPSA) is 51.5 Å². The maximum absolute atomic E-state index is 5.50. The van der Waals surface area contributed by atoms with Crippen LogP contribution in [0.4, 0.5) is 5.82 Å². The fourth-order valence-electron chi connectivity index (χ4n) is 3.61. The van der Waals surface area contributed by atoms with Gasteiger partial charge in [-0.3, -0.25) is 0 Å². The van der Waals surface area contributed by atoms with Crippen LogP contribution in [-0.4, -0.2) is 34.9 Å². The van der Waals surface area contributed by atoms with Crippen molar-refractivity contribution in [3.8, 4) is 0 Å². The molecule has 3 rings (SSSR count). The monoisotopic (exact) mass is 316 g/mol. The Labute approximate surface area is 138 Å². The zero-order valence-corrected chi connectivity index (χ0v) is 14.7. The van der Waals surface area contributed by atoms with Crippen molar-refractivity contribution in [2.45, 2.75) is 52.4 Å². The number of nitrogens with zero attached hydrogens (tertiary/aromatic N) is 3. The predicted molar refractivity (Wildman–Crippen MR) is 93.1 cm³/mol. The van der Waals surface area contributed by atoms with Gasteiger partial charge < -0.3 is 10.1 Å². The van der Waals surface area contributed by atoms with Gasteiger partial charge in [-0.2, -0.15) is 9.61 Å². The summed E-state index contributed by atoms with van der Waals surface area (Å²) >= 11 is 0. The Hall–Kier alpha value is -1.62. The third-order valence-electron chi connectivity index (χ3n) is 4.92. The molecule has 0 spiro atoms. The van der Waals surface area contributed by atoms with Crippen molar-refractivity contribution >= 4 is 11.5 Å². The summed E-state index contributed by atoms with van der Waals surface area (Å²) in [6, 6.07) is 4.18. The number of ether oxygens (including phenoxy) is 1. The zero-order chi connectivity index (χ0) is 16.4. The summed E-state index contributed by atoms with van der Waals surface area (Å²) < 4.78 is 7.42. The van der Waals surface area contributed by atoms with Crippen LogP contribution in [0.2, 0.25) is 0 Å². The number of rotatable bonds is 6. The third-order valence-corrected chi connectivity index (χ3v) is 4.92. The smallest absolute Gasteiger partial charge is 0.157 e. The largest absolute Gasteiger partial charge is 0.384 e. The normalized spacial score (nSPS) is 17.3. The van der Waals surface area contributed by atoms with E-state index in [2.05, 4.69) is 30.3 Å². The van der Waals surface area contributed by atoms with Gasteiger partial charge in [0, 0.05) is 36.9 Å². The summed E-state index contributed by atoms with van der Waals surface area (Å²) in [6.45, 7) is 8.11. The number of fused-ring (bicyclic) bond motifs is 1. The first-order chi connectivity index (χ1) is 11.0. The highest BCUT2D eigenvalue weighted by molar-refractivity contribution is 5.51. The van der Waals surface area contributed by atoms with Crippen LogP contribution >= 0.6 is 0 Å². The molecule has 23 heavy (non-hydrogen) atoms. The lowest BCUT2D eigenvalue weighted by Gasteiger charge is -2.29. The molecule has 0 aromatic carbocycles. The molecule has 0 saturated heterocycles. The SMILES string of the molecule is COCC1(CNc2cc(C(C)C)nc3cc(C)nn23)CCCC1. The van der Waals surface area contributed by atoms with E-state index in [9.17, 15) is 0 Å². The Morgan fingerprint density at radius 2 is 2.04 bits per heavy atom. The van der Waals surface area contributed by atoms with E-state index in [0.717, 1.165) is 36.0 Å². The number of anilines is 1. The van der Waals surface area contributed by atoms with E-state index < -0.39 is 0 Å². The molecule has 0 amide bonds. The summed E-state index contributed by atoms with van der Waals surface area (Å²) in [5, 5.41) is 8.23. The molecule has 1 saturated carbocycles. The van der Waals surface area contributed by atoms with Crippen molar-refractivity contribution in [1.29, 1.82) is 0 Å². The van der Waals surface area contributed by atoms with Crippen LogP contribution in [0, 0.1) is 12.3 Å². The van der Waals surface area contributed by atoms with Crippen LogP contribution < -0.4 is 5.32 Å². The summed E-state index contributed by atoms with van der Waals surface area (Å²) in [7, 11) is 1.80. The molecule has 5 heteroatoms. The summed E-state index contributed by atoms with van der Waals surface area (Å²) in [6.07, 6.45) is 5.07. The van der Waals surface area contributed by atoms with Gasteiger partial charge in [0.25, 0.3) is 0 Å². The van der Waals surface area contributed by atoms with Crippen LogP contribution in [0.15, 0.2) is 12.1 Å². The van der Waals surface area contributed by atoms with Gasteiger partial charge in [-0.05, 0) is 25.7 Å². The van der Waals surface area contributed by atoms with Gasteiger partial charge in [0.05, 0.1) is 12.3 Å². The lowest BCUT2D eigenvalue weighted by atomic mass is 9.87. The van der Waals surface area contributed by atoms with Gasteiger partial charge in [-0.25, -0.2) is 4.98 Å². The number of methoxy groups -OCH3 is 1. The second kappa shape index (κ2) is 6.48. The fraction of sp³-hybridized carbons (Fsp3) is 0.667. The second-order valence-corrected chi connectivity index (χ2v) is 7.27. The maximum atomic E-state index is 5.50. The Balaban J connectivity index is 1.89. The molecule has 1 aliphatic rings. The van der Waals surface area contributed by atoms with Crippen LogP contribution in [0.1, 0.15) is 56.8 Å². The quantitative estimate of drug-likeness (QED) is 0.881. The van der Waals surface area contributed by atoms with Crippen molar-refractivity contribution in [3.63, 3.8) is 0 Å². The van der Waals surface area contributed by atoms with Crippen molar-refractivity contribution in [3.05, 3.63) is 23.5 Å². The summed E-state index contributed by atoms with van der Waals surface area (Å²) in [5.74, 6) is 1.43. The van der Waals surface area contributed by atoms with E-state index in [0.29, 0.717) is 5.92 Å². The number of hydrogen-bond donors (Lipinski definition) is 1. The minimum Gasteiger partial charge on any atom is -0.384 e. The molecular formula is C18H28N4O. The van der Waals surface area contributed by atoms with E-state index in [4.69, 9.17) is 9.72 Å². The molecule has 0 unspecified atom stereocenters. The van der Waals surface area contributed by atoms with E-state index in [1.807, 2.05) is 17.5 Å². The highest BCUT2D eigenvalue weighted by Gasteiger charge is 2.34. The standard InChI is InChI=1S/C18H28N4O/c1-13(2)15-10-16(22-17(20-15)9-14(3)21-22)19-11-18(12-23-4)7-5-6-8-18/h9-10,13,19H,5-8,11-12H2,1-4H3. The molecule has 0 bridgehead atoms. The van der Waals surface area contributed by atoms with Crippen LogP contribution in [-0.2, 0) is 4.74 Å². The van der Waals surface area contributed by atoms with Crippen molar-refractivity contribution < 1.29 is 4.74 Å². The first-order valence-electron chi connectivity index (χ1n) is 8.63. The molecule has 5 nitrogen and oxygen atoms in total. The lowest BCUT2D eigenvalue weighted by molar-refractivity contribution is 0.0922. The van der Waals surface area contributed by atoms with E-state index in [1.54, 1.807) is 7.11 Å². The number of hydrogen-bond acceptors (Lipinski definition) is 4. The highest BCUT2D eigenvalue weighted by Crippen LogP contribution is 2.38. The molecule has 2 aromatic rings. The number of aryl methyl sites for hydroxylation is 1. The molecule has 126 valence electrons. The van der Waals surface area contributed by atoms with Crippen molar-refractivity contribution in [2.75, 3.05) is 25.6 Å². The van der Waals surface area contributed by atoms with Gasteiger partial charge in [-0.1, -0.05) is 26.7 Å². The number of nitrogens with one attached hydrogen (secondary N) is 1. The summed E-state index contributed by atoms with van der Waals surface area (Å²) in [4.78, 5) is 4.73. The molecule has 0 atom stereocenters. The second-order valence-electron chi connectivity index (χ2n) is 7.27. The average Bonchev–Trinajstić information content (AvgIpc) is 3.11. The van der Waals surface area contributed by atoms with Crippen LogP contribution in [0.3, 0.4) is 0 Å². The molecule has 2 heterocycles. The van der Waals surface area contributed by atoms with E-state index >= 15 is 0 Å². The molecule has 1 N–H and O–H groups in total. The molecule has 1 fully saturated rings. The van der Waals surface area contributed by atoms with Crippen LogP contribution in [0.5, 0.6) is 0 Å². The Morgan fingerprint density at radius 1 is 1.30 bits per heavy atom. The van der Waals surface area contributed by atoms with Gasteiger partial charge in [-0.15, -0.1) is 0 Å². The van der Waals surface area contributed by atoms with E-state index in [-0.39, 0.29) is 5.41 Å². The Kier molecular flexibility index (Phi) is 4.57. The van der Waals surface area contributed by atoms with Gasteiger partial charge in [0.2, 0.25) is 0 Å². The first-order valence-corrected chi connectivity index (χ1v) is 8.63. The maximum Gasteiger partial charge on any atom is 0.157 e. The van der Waals surface area contributed by atoms with Gasteiger partial charge in [0.1, 0.15) is 5.82 Å². The van der Waals surface area contributed by atoms with E-state index in [1.165, 1.54) is 25.7 Å². The molecule has 2 aromatic heterocycles. The Morgan fingerprint density at radius 3 is 2.70 bits per heavy atom. The minimum atomic E-state index is 0.254. The van der Waals surface area contributed by atoms with Crippen molar-refractivity contribution in [2.24, 2.45) is 5.41 Å². The van der Waals surface area contributed by atoms with Crippen LogP contribution in [0.25, 0.3) is 5.65 Å². The van der Waals surface area contributed by atoms with Gasteiger partial charge >= 0.3 is 0 Å². The van der Waals surface area contributed by atoms with Gasteiger partial charge in [0.15, 0.2) is 5.65 Å². The Bertz CT molecular complexity index is 671. The minimum absolute atomic E-state index is 0.254. The summed E-state index contributed by atoms with van der Waals surface area (Å²) in [5.41, 5.74) is 3.27. The molecular weight excluding hydrogens is 288 g/mol. The molecule has 0 aliphatic heterocycles.